The average Bonchev–Trinajstić information content (AvgIpc) is 3.05. The van der Waals surface area contributed by atoms with Crippen LogP contribution >= 0.6 is 0 Å². The van der Waals surface area contributed by atoms with Crippen molar-refractivity contribution in [2.45, 2.75) is 71.8 Å². The minimum atomic E-state index is -0.457. The zero-order valence-corrected chi connectivity index (χ0v) is 15.8. The standard InChI is InChI=1S/C19H34N2O3/c1-5-20(18(23)24-19(2,3)4)14-15-10-12-21(13-11-15)17(22)16-8-6-7-9-16/h15-16H,5-14H2,1-4H3. The molecule has 0 unspecified atom stereocenters. The van der Waals surface area contributed by atoms with Crippen molar-refractivity contribution in [1.82, 2.24) is 9.80 Å². The monoisotopic (exact) mass is 338 g/mol. The first kappa shape index (κ1) is 19.1. The summed E-state index contributed by atoms with van der Waals surface area (Å²) in [5.41, 5.74) is -0.457. The number of nitrogens with zero attached hydrogens (tertiary/aromatic N) is 2. The molecule has 1 saturated carbocycles. The smallest absolute Gasteiger partial charge is 0.410 e. The number of hydrogen-bond acceptors (Lipinski definition) is 3. The maximum atomic E-state index is 12.5. The highest BCUT2D eigenvalue weighted by molar-refractivity contribution is 5.79. The van der Waals surface area contributed by atoms with Crippen LogP contribution < -0.4 is 0 Å². The molecule has 5 heteroatoms. The first-order valence-electron chi connectivity index (χ1n) is 9.57. The SMILES string of the molecule is CCN(CC1CCN(C(=O)C2CCCC2)CC1)C(=O)OC(C)(C)C. The Hall–Kier alpha value is -1.26. The Morgan fingerprint density at radius 1 is 1.08 bits per heavy atom. The molecule has 0 aromatic rings. The normalized spacial score (nSPS) is 20.2. The number of ether oxygens (including phenoxy) is 1. The number of piperidine rings is 1. The number of carbonyl (C=O) groups excluding carboxylic acids is 2. The fraction of sp³-hybridized carbons (Fsp3) is 0.895. The second-order valence-electron chi connectivity index (χ2n) is 8.27. The van der Waals surface area contributed by atoms with Crippen molar-refractivity contribution in [2.75, 3.05) is 26.2 Å². The highest BCUT2D eigenvalue weighted by Gasteiger charge is 2.31. The maximum absolute atomic E-state index is 12.5. The molecule has 2 fully saturated rings. The van der Waals surface area contributed by atoms with Crippen molar-refractivity contribution in [3.05, 3.63) is 0 Å². The lowest BCUT2D eigenvalue weighted by Crippen LogP contribution is -2.45. The summed E-state index contributed by atoms with van der Waals surface area (Å²) >= 11 is 0. The minimum Gasteiger partial charge on any atom is -0.444 e. The lowest BCUT2D eigenvalue weighted by molar-refractivity contribution is -0.136. The van der Waals surface area contributed by atoms with Crippen molar-refractivity contribution >= 4 is 12.0 Å². The van der Waals surface area contributed by atoms with Crippen molar-refractivity contribution in [3.8, 4) is 0 Å². The Labute approximate surface area is 146 Å². The van der Waals surface area contributed by atoms with Crippen molar-refractivity contribution in [2.24, 2.45) is 11.8 Å². The third-order valence-electron chi connectivity index (χ3n) is 5.14. The molecule has 0 N–H and O–H groups in total. The molecule has 0 radical (unpaired) electrons. The Morgan fingerprint density at radius 2 is 1.67 bits per heavy atom. The molecule has 1 saturated heterocycles. The zero-order chi connectivity index (χ0) is 17.7. The van der Waals surface area contributed by atoms with E-state index < -0.39 is 5.60 Å². The topological polar surface area (TPSA) is 49.9 Å². The van der Waals surface area contributed by atoms with E-state index in [2.05, 4.69) is 4.90 Å². The second-order valence-corrected chi connectivity index (χ2v) is 8.27. The van der Waals surface area contributed by atoms with Gasteiger partial charge in [-0.15, -0.1) is 0 Å². The van der Waals surface area contributed by atoms with Gasteiger partial charge in [0.25, 0.3) is 0 Å². The summed E-state index contributed by atoms with van der Waals surface area (Å²) in [5, 5.41) is 0. The highest BCUT2D eigenvalue weighted by Crippen LogP contribution is 2.28. The molecule has 5 nitrogen and oxygen atoms in total. The average molecular weight is 338 g/mol. The van der Waals surface area contributed by atoms with E-state index in [1.165, 1.54) is 12.8 Å². The molecule has 1 heterocycles. The molecular weight excluding hydrogens is 304 g/mol. The Balaban J connectivity index is 1.78. The molecule has 1 aliphatic carbocycles. The van der Waals surface area contributed by atoms with Gasteiger partial charge in [-0.05, 0) is 59.3 Å². The summed E-state index contributed by atoms with van der Waals surface area (Å²) in [4.78, 5) is 28.6. The lowest BCUT2D eigenvalue weighted by Gasteiger charge is -2.36. The van der Waals surface area contributed by atoms with E-state index in [9.17, 15) is 9.59 Å². The van der Waals surface area contributed by atoms with Gasteiger partial charge in [-0.1, -0.05) is 12.8 Å². The number of carbonyl (C=O) groups is 2. The Bertz CT molecular complexity index is 430. The zero-order valence-electron chi connectivity index (χ0n) is 15.8. The number of rotatable bonds is 4. The highest BCUT2D eigenvalue weighted by atomic mass is 16.6. The van der Waals surface area contributed by atoms with E-state index >= 15 is 0 Å². The summed E-state index contributed by atoms with van der Waals surface area (Å²) in [6, 6.07) is 0. The molecule has 2 aliphatic rings. The van der Waals surface area contributed by atoms with Crippen molar-refractivity contribution < 1.29 is 14.3 Å². The molecule has 0 spiro atoms. The van der Waals surface area contributed by atoms with Gasteiger partial charge < -0.3 is 14.5 Å². The molecule has 0 aromatic heterocycles. The predicted molar refractivity (Wildman–Crippen MR) is 94.7 cm³/mol. The maximum Gasteiger partial charge on any atom is 0.410 e. The van der Waals surface area contributed by atoms with Gasteiger partial charge in [-0.2, -0.15) is 0 Å². The van der Waals surface area contributed by atoms with Crippen LogP contribution in [0.4, 0.5) is 4.79 Å². The van der Waals surface area contributed by atoms with E-state index in [1.807, 2.05) is 27.7 Å². The number of amides is 2. The molecule has 0 bridgehead atoms. The lowest BCUT2D eigenvalue weighted by atomic mass is 9.95. The Kier molecular flexibility index (Phi) is 6.53. The van der Waals surface area contributed by atoms with Gasteiger partial charge in [0, 0.05) is 32.1 Å². The van der Waals surface area contributed by atoms with Crippen LogP contribution in [0.5, 0.6) is 0 Å². The van der Waals surface area contributed by atoms with Crippen LogP contribution in [0.3, 0.4) is 0 Å². The van der Waals surface area contributed by atoms with Crippen LogP contribution in [-0.2, 0) is 9.53 Å². The molecule has 2 amide bonds. The van der Waals surface area contributed by atoms with Crippen LogP contribution in [-0.4, -0.2) is 53.6 Å². The van der Waals surface area contributed by atoms with Crippen LogP contribution in [0.15, 0.2) is 0 Å². The third-order valence-corrected chi connectivity index (χ3v) is 5.14. The van der Waals surface area contributed by atoms with E-state index in [-0.39, 0.29) is 12.0 Å². The molecule has 138 valence electrons. The molecule has 0 atom stereocenters. The molecule has 1 aliphatic heterocycles. The van der Waals surface area contributed by atoms with Gasteiger partial charge >= 0.3 is 6.09 Å². The van der Waals surface area contributed by atoms with Gasteiger partial charge in [0.1, 0.15) is 5.60 Å². The summed E-state index contributed by atoms with van der Waals surface area (Å²) in [5.74, 6) is 1.10. The van der Waals surface area contributed by atoms with Gasteiger partial charge in [0.2, 0.25) is 5.91 Å². The third kappa shape index (κ3) is 5.38. The summed E-state index contributed by atoms with van der Waals surface area (Å²) < 4.78 is 5.48. The Morgan fingerprint density at radius 3 is 2.17 bits per heavy atom. The largest absolute Gasteiger partial charge is 0.444 e. The first-order chi connectivity index (χ1) is 11.3. The van der Waals surface area contributed by atoms with Crippen molar-refractivity contribution in [1.29, 1.82) is 0 Å². The fourth-order valence-corrected chi connectivity index (χ4v) is 3.74. The molecule has 2 rings (SSSR count). The molecule has 24 heavy (non-hydrogen) atoms. The van der Waals surface area contributed by atoms with Gasteiger partial charge in [0.05, 0.1) is 0 Å². The van der Waals surface area contributed by atoms with Crippen LogP contribution in [0.1, 0.15) is 66.2 Å². The summed E-state index contributed by atoms with van der Waals surface area (Å²) in [6.45, 7) is 10.7. The van der Waals surface area contributed by atoms with Crippen LogP contribution in [0, 0.1) is 11.8 Å². The number of hydrogen-bond donors (Lipinski definition) is 0. The second kappa shape index (κ2) is 8.21. The van der Waals surface area contributed by atoms with E-state index in [1.54, 1.807) is 4.90 Å². The quantitative estimate of drug-likeness (QED) is 0.786. The summed E-state index contributed by atoms with van der Waals surface area (Å²) in [7, 11) is 0. The molecular formula is C19H34N2O3. The number of likely N-dealkylation sites (tertiary alicyclic amines) is 1. The van der Waals surface area contributed by atoms with Gasteiger partial charge in [-0.25, -0.2) is 4.79 Å². The van der Waals surface area contributed by atoms with E-state index in [4.69, 9.17) is 4.74 Å². The van der Waals surface area contributed by atoms with Crippen LogP contribution in [0.2, 0.25) is 0 Å². The molecule has 0 aromatic carbocycles. The van der Waals surface area contributed by atoms with E-state index in [0.29, 0.717) is 18.4 Å². The predicted octanol–water partition coefficient (Wildman–Crippen LogP) is 3.67. The van der Waals surface area contributed by atoms with Gasteiger partial charge in [0.15, 0.2) is 0 Å². The fourth-order valence-electron chi connectivity index (χ4n) is 3.74. The van der Waals surface area contributed by atoms with E-state index in [0.717, 1.165) is 45.3 Å². The van der Waals surface area contributed by atoms with Gasteiger partial charge in [-0.3, -0.25) is 4.79 Å². The minimum absolute atomic E-state index is 0.227. The van der Waals surface area contributed by atoms with Crippen LogP contribution in [0.25, 0.3) is 0 Å². The summed E-state index contributed by atoms with van der Waals surface area (Å²) in [6.07, 6.45) is 6.29. The van der Waals surface area contributed by atoms with Crippen molar-refractivity contribution in [3.63, 3.8) is 0 Å². The first-order valence-corrected chi connectivity index (χ1v) is 9.57.